The molecule has 4 heteroatoms. The molecule has 1 amide bonds. The smallest absolute Gasteiger partial charge is 0.241 e. The highest BCUT2D eigenvalue weighted by molar-refractivity contribution is 6.30. The second kappa shape index (κ2) is 7.25. The number of hydrogen-bond acceptors (Lipinski definition) is 2. The molecule has 1 N–H and O–H groups in total. The summed E-state index contributed by atoms with van der Waals surface area (Å²) in [7, 11) is 1.94. The van der Waals surface area contributed by atoms with Gasteiger partial charge in [-0.15, -0.1) is 0 Å². The molecular formula is C17H19ClN2O. The first-order valence-electron chi connectivity index (χ1n) is 6.87. The number of anilines is 1. The van der Waals surface area contributed by atoms with Crippen molar-refractivity contribution < 1.29 is 4.79 Å². The van der Waals surface area contributed by atoms with Gasteiger partial charge in [0.2, 0.25) is 5.91 Å². The first-order valence-corrected chi connectivity index (χ1v) is 7.24. The van der Waals surface area contributed by atoms with E-state index in [2.05, 4.69) is 17.4 Å². The van der Waals surface area contributed by atoms with Crippen LogP contribution >= 0.6 is 11.6 Å². The van der Waals surface area contributed by atoms with E-state index < -0.39 is 0 Å². The number of carbonyl (C=O) groups is 1. The largest absolute Gasteiger partial charge is 0.325 e. The third-order valence-corrected chi connectivity index (χ3v) is 3.64. The fourth-order valence-electron chi connectivity index (χ4n) is 2.02. The Hall–Kier alpha value is -1.84. The molecule has 0 aliphatic rings. The Morgan fingerprint density at radius 3 is 2.57 bits per heavy atom. The lowest BCUT2D eigenvalue weighted by Crippen LogP contribution is -2.39. The van der Waals surface area contributed by atoms with Crippen LogP contribution in [-0.2, 0) is 11.3 Å². The Kier molecular flexibility index (Phi) is 5.37. The van der Waals surface area contributed by atoms with Gasteiger partial charge in [-0.2, -0.15) is 0 Å². The number of rotatable bonds is 5. The summed E-state index contributed by atoms with van der Waals surface area (Å²) in [5.41, 5.74) is 1.90. The van der Waals surface area contributed by atoms with Gasteiger partial charge in [0.05, 0.1) is 6.04 Å². The van der Waals surface area contributed by atoms with Gasteiger partial charge in [0, 0.05) is 17.3 Å². The minimum atomic E-state index is -0.232. The lowest BCUT2D eigenvalue weighted by molar-refractivity contribution is -0.120. The van der Waals surface area contributed by atoms with Crippen molar-refractivity contribution in [2.24, 2.45) is 0 Å². The van der Waals surface area contributed by atoms with E-state index in [1.165, 1.54) is 5.56 Å². The first-order chi connectivity index (χ1) is 10.1. The fraction of sp³-hybridized carbons (Fsp3) is 0.235. The molecule has 2 rings (SSSR count). The van der Waals surface area contributed by atoms with Gasteiger partial charge in [0.25, 0.3) is 0 Å². The molecule has 0 heterocycles. The van der Waals surface area contributed by atoms with Crippen LogP contribution in [0.3, 0.4) is 0 Å². The van der Waals surface area contributed by atoms with E-state index in [4.69, 9.17) is 11.6 Å². The van der Waals surface area contributed by atoms with E-state index >= 15 is 0 Å². The van der Waals surface area contributed by atoms with Crippen molar-refractivity contribution in [1.82, 2.24) is 4.90 Å². The van der Waals surface area contributed by atoms with Crippen LogP contribution in [0.25, 0.3) is 0 Å². The molecule has 3 nitrogen and oxygen atoms in total. The molecule has 2 aromatic rings. The molecular weight excluding hydrogens is 284 g/mol. The summed E-state index contributed by atoms with van der Waals surface area (Å²) in [5, 5.41) is 3.49. The van der Waals surface area contributed by atoms with Crippen LogP contribution in [0.2, 0.25) is 5.02 Å². The molecule has 0 saturated heterocycles. The third-order valence-electron chi connectivity index (χ3n) is 3.41. The Bertz CT molecular complexity index is 601. The SMILES string of the molecule is C[C@H](C(=O)Nc1cccc(Cl)c1)N(C)Cc1ccccc1. The predicted octanol–water partition coefficient (Wildman–Crippen LogP) is 3.80. The minimum Gasteiger partial charge on any atom is -0.325 e. The predicted molar refractivity (Wildman–Crippen MR) is 87.5 cm³/mol. The molecule has 0 unspecified atom stereocenters. The molecule has 1 atom stereocenters. The number of carbonyl (C=O) groups excluding carboxylic acids is 1. The molecule has 0 spiro atoms. The Balaban J connectivity index is 1.95. The summed E-state index contributed by atoms with van der Waals surface area (Å²) in [6.07, 6.45) is 0. The fourth-order valence-corrected chi connectivity index (χ4v) is 2.21. The molecule has 0 bridgehead atoms. The average molecular weight is 303 g/mol. The number of benzene rings is 2. The maximum Gasteiger partial charge on any atom is 0.241 e. The highest BCUT2D eigenvalue weighted by Gasteiger charge is 2.18. The number of likely N-dealkylation sites (N-methyl/N-ethyl adjacent to an activating group) is 1. The van der Waals surface area contributed by atoms with Crippen LogP contribution < -0.4 is 5.32 Å². The molecule has 2 aromatic carbocycles. The van der Waals surface area contributed by atoms with Crippen LogP contribution in [0.5, 0.6) is 0 Å². The van der Waals surface area contributed by atoms with E-state index in [-0.39, 0.29) is 11.9 Å². The number of nitrogens with one attached hydrogen (secondary N) is 1. The van der Waals surface area contributed by atoms with Gasteiger partial charge in [-0.3, -0.25) is 9.69 Å². The summed E-state index contributed by atoms with van der Waals surface area (Å²) >= 11 is 5.92. The first kappa shape index (κ1) is 15.5. The third kappa shape index (κ3) is 4.59. The van der Waals surface area contributed by atoms with Crippen molar-refractivity contribution in [1.29, 1.82) is 0 Å². The Morgan fingerprint density at radius 1 is 1.19 bits per heavy atom. The zero-order chi connectivity index (χ0) is 15.2. The van der Waals surface area contributed by atoms with Crippen LogP contribution in [0, 0.1) is 0 Å². The van der Waals surface area contributed by atoms with Gasteiger partial charge < -0.3 is 5.32 Å². The van der Waals surface area contributed by atoms with Crippen molar-refractivity contribution in [2.75, 3.05) is 12.4 Å². The van der Waals surface area contributed by atoms with Gasteiger partial charge in [-0.05, 0) is 37.7 Å². The molecule has 0 aliphatic carbocycles. The molecule has 0 saturated carbocycles. The number of nitrogens with zero attached hydrogens (tertiary/aromatic N) is 1. The summed E-state index contributed by atoms with van der Waals surface area (Å²) < 4.78 is 0. The highest BCUT2D eigenvalue weighted by atomic mass is 35.5. The maximum atomic E-state index is 12.3. The Labute approximate surface area is 130 Å². The summed E-state index contributed by atoms with van der Waals surface area (Å²) in [6.45, 7) is 2.62. The summed E-state index contributed by atoms with van der Waals surface area (Å²) in [4.78, 5) is 14.3. The maximum absolute atomic E-state index is 12.3. The van der Waals surface area contributed by atoms with E-state index in [0.717, 1.165) is 6.54 Å². The van der Waals surface area contributed by atoms with Crippen molar-refractivity contribution in [2.45, 2.75) is 19.5 Å². The Morgan fingerprint density at radius 2 is 1.90 bits per heavy atom. The highest BCUT2D eigenvalue weighted by Crippen LogP contribution is 2.16. The van der Waals surface area contributed by atoms with E-state index in [1.54, 1.807) is 12.1 Å². The molecule has 110 valence electrons. The van der Waals surface area contributed by atoms with E-state index in [1.807, 2.05) is 49.2 Å². The molecule has 0 aromatic heterocycles. The quantitative estimate of drug-likeness (QED) is 0.911. The summed E-state index contributed by atoms with van der Waals surface area (Å²) in [6, 6.07) is 17.0. The van der Waals surface area contributed by atoms with Crippen molar-refractivity contribution >= 4 is 23.2 Å². The molecule has 21 heavy (non-hydrogen) atoms. The van der Waals surface area contributed by atoms with Crippen LogP contribution in [0.4, 0.5) is 5.69 Å². The van der Waals surface area contributed by atoms with Crippen LogP contribution in [0.1, 0.15) is 12.5 Å². The monoisotopic (exact) mass is 302 g/mol. The zero-order valence-electron chi connectivity index (χ0n) is 12.2. The summed E-state index contributed by atoms with van der Waals surface area (Å²) in [5.74, 6) is -0.0457. The van der Waals surface area contributed by atoms with E-state index in [0.29, 0.717) is 10.7 Å². The molecule has 0 radical (unpaired) electrons. The topological polar surface area (TPSA) is 32.3 Å². The van der Waals surface area contributed by atoms with Crippen LogP contribution in [-0.4, -0.2) is 23.9 Å². The van der Waals surface area contributed by atoms with Gasteiger partial charge in [-0.1, -0.05) is 48.0 Å². The number of amides is 1. The number of halogens is 1. The van der Waals surface area contributed by atoms with E-state index in [9.17, 15) is 4.79 Å². The minimum absolute atomic E-state index is 0.0457. The van der Waals surface area contributed by atoms with Crippen LogP contribution in [0.15, 0.2) is 54.6 Å². The second-order valence-corrected chi connectivity index (χ2v) is 5.51. The van der Waals surface area contributed by atoms with Crippen molar-refractivity contribution in [3.8, 4) is 0 Å². The van der Waals surface area contributed by atoms with Crippen molar-refractivity contribution in [3.63, 3.8) is 0 Å². The zero-order valence-corrected chi connectivity index (χ0v) is 13.0. The average Bonchev–Trinajstić information content (AvgIpc) is 2.47. The second-order valence-electron chi connectivity index (χ2n) is 5.08. The van der Waals surface area contributed by atoms with Gasteiger partial charge in [0.1, 0.15) is 0 Å². The molecule has 0 fully saturated rings. The van der Waals surface area contributed by atoms with Crippen molar-refractivity contribution in [3.05, 3.63) is 65.2 Å². The van der Waals surface area contributed by atoms with Gasteiger partial charge in [0.15, 0.2) is 0 Å². The number of hydrogen-bond donors (Lipinski definition) is 1. The normalized spacial score (nSPS) is 12.2. The van der Waals surface area contributed by atoms with Gasteiger partial charge >= 0.3 is 0 Å². The lowest BCUT2D eigenvalue weighted by Gasteiger charge is -2.24. The lowest BCUT2D eigenvalue weighted by atomic mass is 10.2. The standard InChI is InChI=1S/C17H19ClN2O/c1-13(20(2)12-14-7-4-3-5-8-14)17(21)19-16-10-6-9-15(18)11-16/h3-11,13H,12H2,1-2H3,(H,19,21)/t13-/m1/s1. The molecule has 0 aliphatic heterocycles. The van der Waals surface area contributed by atoms with Gasteiger partial charge in [-0.25, -0.2) is 0 Å².